The maximum absolute atomic E-state index is 13.7. The van der Waals surface area contributed by atoms with Crippen LogP contribution in [0.5, 0.6) is 0 Å². The third kappa shape index (κ3) is 5.50. The average Bonchev–Trinajstić information content (AvgIpc) is 2.66. The normalized spacial score (nSPS) is 11.3. The van der Waals surface area contributed by atoms with Crippen molar-refractivity contribution in [3.05, 3.63) is 65.5 Å². The van der Waals surface area contributed by atoms with Gasteiger partial charge in [0.15, 0.2) is 12.4 Å². The number of nitrogens with zero attached hydrogens (tertiary/aromatic N) is 1. The predicted octanol–water partition coefficient (Wildman–Crippen LogP) is 4.02. The zero-order valence-electron chi connectivity index (χ0n) is 14.6. The fourth-order valence-electron chi connectivity index (χ4n) is 2.24. The fourth-order valence-corrected chi connectivity index (χ4v) is 3.27. The van der Waals surface area contributed by atoms with E-state index in [9.17, 15) is 14.0 Å². The number of esters is 1. The summed E-state index contributed by atoms with van der Waals surface area (Å²) in [7, 11) is 0. The van der Waals surface area contributed by atoms with Crippen molar-refractivity contribution in [2.75, 3.05) is 6.61 Å². The third-order valence-corrected chi connectivity index (χ3v) is 4.80. The van der Waals surface area contributed by atoms with E-state index in [0.29, 0.717) is 16.2 Å². The van der Waals surface area contributed by atoms with E-state index < -0.39 is 24.3 Å². The number of thioether (sulfide) groups is 1. The largest absolute Gasteiger partial charge is 0.454 e. The Balaban J connectivity index is 2.05. The Bertz CT molecular complexity index is 908. The van der Waals surface area contributed by atoms with Gasteiger partial charge in [0, 0.05) is 16.4 Å². The smallest absolute Gasteiger partial charge is 0.339 e. The number of ketones is 1. The van der Waals surface area contributed by atoms with Gasteiger partial charge in [-0.25, -0.2) is 9.18 Å². The molecular formula is C20H17FN2O3S. The van der Waals surface area contributed by atoms with Crippen LogP contribution in [0.1, 0.15) is 22.8 Å². The molecule has 0 aliphatic rings. The first-order chi connectivity index (χ1) is 12.9. The summed E-state index contributed by atoms with van der Waals surface area (Å²) in [5.74, 6) is -2.56. The van der Waals surface area contributed by atoms with Gasteiger partial charge in [-0.05, 0) is 30.7 Å². The van der Waals surface area contributed by atoms with E-state index in [2.05, 4.69) is 0 Å². The molecule has 0 spiro atoms. The number of carbonyl (C=O) groups excluding carboxylic acids is 2. The Morgan fingerprint density at radius 1 is 1.22 bits per heavy atom. The number of rotatable bonds is 8. The standard InChI is InChI=1S/C20H17FN2O3S/c1-13(23)16(10-22)18(24)11-26-20(25)15-7-3-5-9-19(15)27-12-14-6-2-4-8-17(14)21/h2-9,16,23H,11-12H2,1H3. The highest BCUT2D eigenvalue weighted by molar-refractivity contribution is 7.98. The van der Waals surface area contributed by atoms with E-state index in [1.54, 1.807) is 48.5 Å². The lowest BCUT2D eigenvalue weighted by atomic mass is 10.0. The van der Waals surface area contributed by atoms with Gasteiger partial charge in [-0.3, -0.25) is 4.79 Å². The maximum Gasteiger partial charge on any atom is 0.339 e. The van der Waals surface area contributed by atoms with Crippen LogP contribution in [0, 0.1) is 28.5 Å². The van der Waals surface area contributed by atoms with Gasteiger partial charge in [-0.2, -0.15) is 5.26 Å². The highest BCUT2D eigenvalue weighted by atomic mass is 32.2. The number of Topliss-reactive ketones (excluding diaryl/α,β-unsaturated/α-hetero) is 1. The molecule has 0 heterocycles. The van der Waals surface area contributed by atoms with Gasteiger partial charge in [-0.15, -0.1) is 11.8 Å². The first-order valence-corrected chi connectivity index (χ1v) is 9.02. The van der Waals surface area contributed by atoms with Crippen LogP contribution in [0.15, 0.2) is 53.4 Å². The van der Waals surface area contributed by atoms with E-state index >= 15 is 0 Å². The molecule has 0 aliphatic heterocycles. The average molecular weight is 384 g/mol. The Hall–Kier alpha value is -2.98. The molecule has 0 bridgehead atoms. The number of hydrogen-bond acceptors (Lipinski definition) is 6. The quantitative estimate of drug-likeness (QED) is 0.422. The maximum atomic E-state index is 13.7. The van der Waals surface area contributed by atoms with Crippen molar-refractivity contribution in [3.63, 3.8) is 0 Å². The zero-order valence-corrected chi connectivity index (χ0v) is 15.4. The predicted molar refractivity (Wildman–Crippen MR) is 100 cm³/mol. The molecule has 0 saturated heterocycles. The van der Waals surface area contributed by atoms with Crippen molar-refractivity contribution in [3.8, 4) is 6.07 Å². The van der Waals surface area contributed by atoms with Gasteiger partial charge < -0.3 is 10.1 Å². The zero-order chi connectivity index (χ0) is 19.8. The third-order valence-electron chi connectivity index (χ3n) is 3.68. The number of hydrogen-bond donors (Lipinski definition) is 1. The lowest BCUT2D eigenvalue weighted by Gasteiger charge is -2.10. The van der Waals surface area contributed by atoms with E-state index in [4.69, 9.17) is 15.4 Å². The number of nitriles is 1. The van der Waals surface area contributed by atoms with E-state index in [-0.39, 0.29) is 17.1 Å². The van der Waals surface area contributed by atoms with Crippen LogP contribution in [-0.4, -0.2) is 24.1 Å². The molecule has 1 unspecified atom stereocenters. The van der Waals surface area contributed by atoms with Gasteiger partial charge in [0.2, 0.25) is 0 Å². The number of halogens is 1. The first-order valence-electron chi connectivity index (χ1n) is 8.03. The highest BCUT2D eigenvalue weighted by Gasteiger charge is 2.22. The van der Waals surface area contributed by atoms with Gasteiger partial charge in [-0.1, -0.05) is 30.3 Å². The molecule has 138 valence electrons. The minimum Gasteiger partial charge on any atom is -0.454 e. The van der Waals surface area contributed by atoms with Crippen molar-refractivity contribution in [1.82, 2.24) is 0 Å². The van der Waals surface area contributed by atoms with Gasteiger partial charge in [0.25, 0.3) is 0 Å². The molecule has 0 aromatic heterocycles. The van der Waals surface area contributed by atoms with Crippen molar-refractivity contribution in [2.45, 2.75) is 17.6 Å². The van der Waals surface area contributed by atoms with Crippen LogP contribution >= 0.6 is 11.8 Å². The Morgan fingerprint density at radius 2 is 1.89 bits per heavy atom. The lowest BCUT2D eigenvalue weighted by molar-refractivity contribution is -0.122. The number of benzene rings is 2. The summed E-state index contributed by atoms with van der Waals surface area (Å²) in [6.07, 6.45) is 0. The first kappa shape index (κ1) is 20.3. The molecule has 2 aromatic carbocycles. The summed E-state index contributed by atoms with van der Waals surface area (Å²) in [6.45, 7) is 0.766. The van der Waals surface area contributed by atoms with Crippen molar-refractivity contribution in [2.24, 2.45) is 5.92 Å². The second kappa shape index (κ2) is 9.64. The summed E-state index contributed by atoms with van der Waals surface area (Å²) < 4.78 is 18.8. The van der Waals surface area contributed by atoms with E-state index in [1.165, 1.54) is 24.8 Å². The molecule has 2 aromatic rings. The van der Waals surface area contributed by atoms with Crippen LogP contribution in [-0.2, 0) is 15.3 Å². The Kier molecular flexibility index (Phi) is 7.26. The summed E-state index contributed by atoms with van der Waals surface area (Å²) in [4.78, 5) is 24.8. The van der Waals surface area contributed by atoms with Crippen LogP contribution in [0.3, 0.4) is 0 Å². The minimum absolute atomic E-state index is 0.0978. The number of ether oxygens (including phenoxy) is 1. The molecule has 2 rings (SSSR count). The Morgan fingerprint density at radius 3 is 2.56 bits per heavy atom. The summed E-state index contributed by atoms with van der Waals surface area (Å²) in [6, 6.07) is 14.8. The number of carbonyl (C=O) groups is 2. The molecule has 0 saturated carbocycles. The fraction of sp³-hybridized carbons (Fsp3) is 0.200. The molecule has 0 aliphatic carbocycles. The van der Waals surface area contributed by atoms with Crippen molar-refractivity contribution in [1.29, 1.82) is 10.7 Å². The van der Waals surface area contributed by atoms with E-state index in [0.717, 1.165) is 0 Å². The second-order valence-electron chi connectivity index (χ2n) is 5.66. The van der Waals surface area contributed by atoms with Gasteiger partial charge in [0.05, 0.1) is 11.6 Å². The molecule has 0 fully saturated rings. The summed E-state index contributed by atoms with van der Waals surface area (Å²) >= 11 is 1.28. The summed E-state index contributed by atoms with van der Waals surface area (Å²) in [5.41, 5.74) is 0.672. The molecule has 5 nitrogen and oxygen atoms in total. The van der Waals surface area contributed by atoms with Crippen molar-refractivity contribution < 1.29 is 18.7 Å². The topological polar surface area (TPSA) is 91.0 Å². The van der Waals surface area contributed by atoms with Gasteiger partial charge >= 0.3 is 5.97 Å². The molecule has 0 amide bonds. The van der Waals surface area contributed by atoms with Crippen molar-refractivity contribution >= 4 is 29.2 Å². The minimum atomic E-state index is -1.22. The summed E-state index contributed by atoms with van der Waals surface area (Å²) in [5, 5.41) is 16.3. The molecular weight excluding hydrogens is 367 g/mol. The highest BCUT2D eigenvalue weighted by Crippen LogP contribution is 2.27. The lowest BCUT2D eigenvalue weighted by Crippen LogP contribution is -2.25. The monoisotopic (exact) mass is 384 g/mol. The SMILES string of the molecule is CC(=N)C(C#N)C(=O)COC(=O)c1ccccc1SCc1ccccc1F. The molecule has 0 radical (unpaired) electrons. The van der Waals surface area contributed by atoms with Crippen LogP contribution in [0.2, 0.25) is 0 Å². The van der Waals surface area contributed by atoms with Crippen LogP contribution < -0.4 is 0 Å². The molecule has 1 N–H and O–H groups in total. The molecule has 1 atom stereocenters. The Labute approximate surface area is 160 Å². The van der Waals surface area contributed by atoms with Crippen LogP contribution in [0.25, 0.3) is 0 Å². The van der Waals surface area contributed by atoms with E-state index in [1.807, 2.05) is 0 Å². The number of nitrogens with one attached hydrogen (secondary N) is 1. The van der Waals surface area contributed by atoms with Crippen LogP contribution in [0.4, 0.5) is 4.39 Å². The van der Waals surface area contributed by atoms with Gasteiger partial charge in [0.1, 0.15) is 11.7 Å². The molecule has 27 heavy (non-hydrogen) atoms. The second-order valence-corrected chi connectivity index (χ2v) is 6.68. The molecule has 7 heteroatoms.